The number of halogens is 3. The molecule has 0 aliphatic heterocycles. The first-order valence-corrected chi connectivity index (χ1v) is 21.1. The summed E-state index contributed by atoms with van der Waals surface area (Å²) in [6.45, 7) is 3.47. The summed E-state index contributed by atoms with van der Waals surface area (Å²) in [5.41, 5.74) is 2.70. The highest BCUT2D eigenvalue weighted by Crippen LogP contribution is 2.37. The molecule has 0 amide bonds. The van der Waals surface area contributed by atoms with Crippen LogP contribution in [0.15, 0.2) is 128 Å². The molecule has 4 heterocycles. The average molecular weight is 972 g/mol. The summed E-state index contributed by atoms with van der Waals surface area (Å²) in [5.74, 6) is 2.04. The maximum atomic E-state index is 13.2. The number of thiocarbonyl (C=S) groups is 2. The number of benzene rings is 4. The first kappa shape index (κ1) is 47.8. The minimum Gasteiger partial charge on any atom is -0.506 e. The van der Waals surface area contributed by atoms with Gasteiger partial charge in [0.05, 0.1) is 14.2 Å². The van der Waals surface area contributed by atoms with E-state index in [1.807, 2.05) is 60.7 Å². The molecule has 0 aliphatic carbocycles. The molecule has 0 fully saturated rings. The second-order valence-corrected chi connectivity index (χ2v) is 15.8. The largest absolute Gasteiger partial charge is 0.506 e. The molecule has 0 saturated carbocycles. The number of aromatic nitrogens is 6. The van der Waals surface area contributed by atoms with Crippen molar-refractivity contribution in [1.82, 2.24) is 29.5 Å². The van der Waals surface area contributed by atoms with E-state index in [1.165, 1.54) is 23.6 Å². The summed E-state index contributed by atoms with van der Waals surface area (Å²) in [6.07, 6.45) is 0. The van der Waals surface area contributed by atoms with Crippen LogP contribution in [-0.4, -0.2) is 58.6 Å². The third kappa shape index (κ3) is 11.2. The summed E-state index contributed by atoms with van der Waals surface area (Å²) in [6, 6.07) is 32.5. The molecule has 0 saturated heterocycles. The van der Waals surface area contributed by atoms with Gasteiger partial charge in [0.25, 0.3) is 4.51 Å². The summed E-state index contributed by atoms with van der Waals surface area (Å²) in [4.78, 5) is 34.9. The molecule has 65 heavy (non-hydrogen) atoms. The molecule has 4 aromatic carbocycles. The molecular formula is C46H37Cl3N6O8S2. The Balaban J connectivity index is 0.000000197. The Bertz CT molecular complexity index is 3100. The zero-order valence-electron chi connectivity index (χ0n) is 35.3. The van der Waals surface area contributed by atoms with Crippen LogP contribution in [-0.2, 0) is 23.6 Å². The molecule has 4 aromatic heterocycles. The summed E-state index contributed by atoms with van der Waals surface area (Å²) in [5, 5.41) is 20.6. The summed E-state index contributed by atoms with van der Waals surface area (Å²) >= 11 is 26.2. The smallest absolute Gasteiger partial charge is 0.357 e. The highest BCUT2D eigenvalue weighted by Gasteiger charge is 2.27. The van der Waals surface area contributed by atoms with E-state index in [0.717, 1.165) is 16.7 Å². The molecule has 1 N–H and O–H groups in total. The predicted molar refractivity (Wildman–Crippen MR) is 259 cm³/mol. The van der Waals surface area contributed by atoms with Gasteiger partial charge in [-0.05, 0) is 86.2 Å². The van der Waals surface area contributed by atoms with Crippen LogP contribution in [0.25, 0.3) is 68.2 Å². The van der Waals surface area contributed by atoms with Gasteiger partial charge in [-0.2, -0.15) is 10.2 Å². The molecule has 8 rings (SSSR count). The van der Waals surface area contributed by atoms with Crippen molar-refractivity contribution < 1.29 is 28.2 Å². The standard InChI is InChI=1S/C23H18ClN3O4S.C21H16ClN3O3.C2H3ClOS/c1-13-18(14-7-5-4-6-8-14)30-22(28)17(19(13)31-23(32)29-3)21-25-20(26-27(21)2)15-9-11-16(24)12-10-15;1-12-17(26)16(21(27)28-18(12)13-6-4-3-5-7-13)20-23-19(24-25(20)2)14-8-10-15(22)11-9-14;1-4-2(3)5/h4-12H,1-3H3;3-11,26H,1-2H3;1H3. The highest BCUT2D eigenvalue weighted by molar-refractivity contribution is 7.82. The molecular weight excluding hydrogens is 935 g/mol. The molecule has 0 aliphatic rings. The lowest BCUT2D eigenvalue weighted by Gasteiger charge is -2.14. The van der Waals surface area contributed by atoms with Gasteiger partial charge in [-0.25, -0.2) is 28.9 Å². The molecule has 8 aromatic rings. The van der Waals surface area contributed by atoms with Gasteiger partial charge in [0.15, 0.2) is 29.0 Å². The average Bonchev–Trinajstić information content (AvgIpc) is 3.88. The number of ether oxygens (including phenoxy) is 3. The zero-order valence-corrected chi connectivity index (χ0v) is 39.2. The quantitative estimate of drug-likeness (QED) is 0.118. The van der Waals surface area contributed by atoms with E-state index in [4.69, 9.17) is 65.3 Å². The lowest BCUT2D eigenvalue weighted by atomic mass is 10.1. The van der Waals surface area contributed by atoms with Crippen molar-refractivity contribution in [2.75, 3.05) is 14.2 Å². The van der Waals surface area contributed by atoms with Crippen molar-refractivity contribution in [2.24, 2.45) is 14.1 Å². The number of methoxy groups -OCH3 is 2. The Labute approximate surface area is 397 Å². The molecule has 0 bridgehead atoms. The summed E-state index contributed by atoms with van der Waals surface area (Å²) in [7, 11) is 6.15. The van der Waals surface area contributed by atoms with E-state index in [2.05, 4.69) is 37.1 Å². The Kier molecular flexibility index (Phi) is 15.7. The predicted octanol–water partition coefficient (Wildman–Crippen LogP) is 10.6. The van der Waals surface area contributed by atoms with Crippen LogP contribution in [0.2, 0.25) is 10.0 Å². The number of nitrogens with zero attached hydrogens (tertiary/aromatic N) is 6. The van der Waals surface area contributed by atoms with Gasteiger partial charge in [-0.1, -0.05) is 83.9 Å². The van der Waals surface area contributed by atoms with Crippen LogP contribution in [0, 0.1) is 13.8 Å². The van der Waals surface area contributed by atoms with Crippen LogP contribution in [0.1, 0.15) is 11.1 Å². The molecule has 332 valence electrons. The SMILES string of the molecule is COC(=S)Cl.COC(=S)Oc1c(C)c(-c2ccccc2)oc(=O)c1-c1nc(-c2ccc(Cl)cc2)nn1C.Cc1c(-c2ccccc2)oc(=O)c(-c2nc(-c3ccc(Cl)cc3)nn2C)c1O. The monoisotopic (exact) mass is 970 g/mol. The summed E-state index contributed by atoms with van der Waals surface area (Å²) < 4.78 is 29.3. The molecule has 14 nitrogen and oxygen atoms in total. The van der Waals surface area contributed by atoms with Crippen LogP contribution in [0.4, 0.5) is 0 Å². The number of aryl methyl sites for hydroxylation is 2. The van der Waals surface area contributed by atoms with Crippen molar-refractivity contribution in [1.29, 1.82) is 0 Å². The van der Waals surface area contributed by atoms with E-state index in [-0.39, 0.29) is 44.0 Å². The minimum atomic E-state index is -0.680. The first-order chi connectivity index (χ1) is 31.1. The Morgan fingerprint density at radius 3 is 1.43 bits per heavy atom. The molecule has 19 heteroatoms. The van der Waals surface area contributed by atoms with Gasteiger partial charge in [-0.15, -0.1) is 0 Å². The van der Waals surface area contributed by atoms with Crippen molar-refractivity contribution in [2.45, 2.75) is 13.8 Å². The highest BCUT2D eigenvalue weighted by atomic mass is 35.5. The minimum absolute atomic E-state index is 0.0209. The van der Waals surface area contributed by atoms with Crippen molar-refractivity contribution >= 4 is 69.0 Å². The second-order valence-electron chi connectivity index (χ2n) is 13.6. The number of hydrogen-bond donors (Lipinski definition) is 1. The number of aromatic hydroxyl groups is 1. The lowest BCUT2D eigenvalue weighted by molar-refractivity contribution is 0.313. The van der Waals surface area contributed by atoms with Crippen molar-refractivity contribution in [3.63, 3.8) is 0 Å². The third-order valence-corrected chi connectivity index (χ3v) is 10.5. The third-order valence-electron chi connectivity index (χ3n) is 9.40. The normalized spacial score (nSPS) is 10.5. The number of hydrogen-bond acceptors (Lipinski definition) is 14. The van der Waals surface area contributed by atoms with Gasteiger partial charge in [-0.3, -0.25) is 0 Å². The van der Waals surface area contributed by atoms with E-state index < -0.39 is 11.3 Å². The Hall–Kier alpha value is -6.69. The van der Waals surface area contributed by atoms with Gasteiger partial charge >= 0.3 is 16.5 Å². The van der Waals surface area contributed by atoms with Gasteiger partial charge in [0.1, 0.15) is 28.4 Å². The van der Waals surface area contributed by atoms with Crippen LogP contribution < -0.4 is 16.0 Å². The van der Waals surface area contributed by atoms with Gasteiger partial charge < -0.3 is 28.2 Å². The van der Waals surface area contributed by atoms with E-state index >= 15 is 0 Å². The molecule has 0 radical (unpaired) electrons. The van der Waals surface area contributed by atoms with Crippen molar-refractivity contribution in [3.05, 3.63) is 151 Å². The maximum Gasteiger partial charge on any atom is 0.357 e. The molecule has 0 atom stereocenters. The second kappa shape index (κ2) is 21.3. The first-order valence-electron chi connectivity index (χ1n) is 19.1. The molecule has 0 unspecified atom stereocenters. The Morgan fingerprint density at radius 1 is 0.615 bits per heavy atom. The van der Waals surface area contributed by atoms with E-state index in [9.17, 15) is 14.7 Å². The zero-order chi connectivity index (χ0) is 46.9. The maximum absolute atomic E-state index is 13.2. The van der Waals surface area contributed by atoms with Crippen LogP contribution in [0.3, 0.4) is 0 Å². The van der Waals surface area contributed by atoms with E-state index in [0.29, 0.717) is 49.9 Å². The topological polar surface area (TPSA) is 170 Å². The fourth-order valence-corrected chi connectivity index (χ4v) is 6.57. The van der Waals surface area contributed by atoms with Gasteiger partial charge in [0, 0.05) is 69.7 Å². The Morgan fingerprint density at radius 2 is 1.02 bits per heavy atom. The number of rotatable bonds is 7. The molecule has 0 spiro atoms. The fourth-order valence-electron chi connectivity index (χ4n) is 6.23. The fraction of sp³-hybridized carbons (Fsp3) is 0.130. The van der Waals surface area contributed by atoms with E-state index in [1.54, 1.807) is 76.5 Å². The lowest BCUT2D eigenvalue weighted by Crippen LogP contribution is -2.16. The van der Waals surface area contributed by atoms with Crippen molar-refractivity contribution in [3.8, 4) is 79.7 Å². The van der Waals surface area contributed by atoms with Gasteiger partial charge in [0.2, 0.25) is 0 Å². The van der Waals surface area contributed by atoms with Crippen LogP contribution >= 0.6 is 59.2 Å². The van der Waals surface area contributed by atoms with Crippen LogP contribution in [0.5, 0.6) is 11.5 Å².